The Bertz CT molecular complexity index is 354. The largest absolute Gasteiger partial charge is 0.395 e. The molecule has 2 N–H and O–H groups in total. The first-order valence-corrected chi connectivity index (χ1v) is 6.69. The fourth-order valence-electron chi connectivity index (χ4n) is 2.25. The van der Waals surface area contributed by atoms with Crippen molar-refractivity contribution in [3.05, 3.63) is 23.2 Å². The van der Waals surface area contributed by atoms with Gasteiger partial charge in [0.05, 0.1) is 24.7 Å². The molecule has 0 radical (unpaired) electrons. The van der Waals surface area contributed by atoms with Crippen molar-refractivity contribution in [2.45, 2.75) is 25.4 Å². The molecule has 100 valence electrons. The second-order valence-electron chi connectivity index (χ2n) is 4.58. The van der Waals surface area contributed by atoms with Crippen LogP contribution in [-0.2, 0) is 6.54 Å². The van der Waals surface area contributed by atoms with Gasteiger partial charge in [-0.1, -0.05) is 11.6 Å². The molecule has 2 heterocycles. The molecule has 1 unspecified atom stereocenters. The van der Waals surface area contributed by atoms with Gasteiger partial charge in [0.25, 0.3) is 0 Å². The maximum atomic E-state index is 9.11. The molecule has 2 rings (SSSR count). The molecule has 0 saturated carbocycles. The summed E-state index contributed by atoms with van der Waals surface area (Å²) in [4.78, 5) is 10.5. The smallest absolute Gasteiger partial charge is 0.147 e. The van der Waals surface area contributed by atoms with Crippen LogP contribution in [0.2, 0.25) is 5.15 Å². The Kier molecular flexibility index (Phi) is 5.31. The van der Waals surface area contributed by atoms with E-state index in [1.54, 1.807) is 12.4 Å². The van der Waals surface area contributed by atoms with Crippen LogP contribution in [0.1, 0.15) is 18.5 Å². The molecule has 1 aliphatic rings. The number of nitrogens with one attached hydrogen (secondary N) is 1. The Morgan fingerprint density at radius 3 is 2.94 bits per heavy atom. The van der Waals surface area contributed by atoms with Gasteiger partial charge in [-0.3, -0.25) is 9.88 Å². The van der Waals surface area contributed by atoms with Crippen molar-refractivity contribution in [3.8, 4) is 0 Å². The molecule has 1 aromatic rings. The number of nitrogens with zero attached hydrogens (tertiary/aromatic N) is 3. The van der Waals surface area contributed by atoms with E-state index in [0.29, 0.717) is 24.3 Å². The zero-order valence-electron chi connectivity index (χ0n) is 10.3. The first-order chi connectivity index (χ1) is 8.78. The van der Waals surface area contributed by atoms with Gasteiger partial charge in [-0.05, 0) is 19.4 Å². The molecule has 1 fully saturated rings. The van der Waals surface area contributed by atoms with Gasteiger partial charge in [0.15, 0.2) is 0 Å². The van der Waals surface area contributed by atoms with E-state index in [2.05, 4.69) is 20.2 Å². The lowest BCUT2D eigenvalue weighted by Gasteiger charge is -2.24. The van der Waals surface area contributed by atoms with Crippen LogP contribution in [0.4, 0.5) is 0 Å². The number of aromatic nitrogens is 2. The molecular weight excluding hydrogens is 252 g/mol. The minimum absolute atomic E-state index is 0.160. The van der Waals surface area contributed by atoms with Crippen molar-refractivity contribution in [3.63, 3.8) is 0 Å². The van der Waals surface area contributed by atoms with Gasteiger partial charge in [0.1, 0.15) is 5.15 Å². The van der Waals surface area contributed by atoms with Gasteiger partial charge in [0.2, 0.25) is 0 Å². The SMILES string of the molecule is OCCN(Cc1cnc(Cl)cn1)CC1CCCN1. The molecule has 6 heteroatoms. The fraction of sp³-hybridized carbons (Fsp3) is 0.667. The van der Waals surface area contributed by atoms with Gasteiger partial charge in [-0.25, -0.2) is 4.98 Å². The van der Waals surface area contributed by atoms with Crippen molar-refractivity contribution >= 4 is 11.6 Å². The van der Waals surface area contributed by atoms with Crippen LogP contribution in [0.5, 0.6) is 0 Å². The molecule has 18 heavy (non-hydrogen) atoms. The average Bonchev–Trinajstić information content (AvgIpc) is 2.85. The van der Waals surface area contributed by atoms with E-state index in [1.807, 2.05) is 0 Å². The van der Waals surface area contributed by atoms with Gasteiger partial charge < -0.3 is 10.4 Å². The Morgan fingerprint density at radius 1 is 1.44 bits per heavy atom. The molecule has 0 bridgehead atoms. The average molecular weight is 271 g/mol. The summed E-state index contributed by atoms with van der Waals surface area (Å²) in [6.07, 6.45) is 5.68. The number of aliphatic hydroxyl groups is 1. The maximum absolute atomic E-state index is 9.11. The lowest BCUT2D eigenvalue weighted by atomic mass is 10.2. The van der Waals surface area contributed by atoms with E-state index >= 15 is 0 Å². The van der Waals surface area contributed by atoms with Crippen LogP contribution in [0.25, 0.3) is 0 Å². The van der Waals surface area contributed by atoms with E-state index in [0.717, 1.165) is 18.8 Å². The van der Waals surface area contributed by atoms with Crippen LogP contribution in [0.3, 0.4) is 0 Å². The van der Waals surface area contributed by atoms with Crippen molar-refractivity contribution in [1.29, 1.82) is 0 Å². The molecular formula is C12H19ClN4O. The third-order valence-electron chi connectivity index (χ3n) is 3.12. The van der Waals surface area contributed by atoms with E-state index in [1.165, 1.54) is 12.8 Å². The number of hydrogen-bond donors (Lipinski definition) is 2. The Morgan fingerprint density at radius 2 is 2.33 bits per heavy atom. The molecule has 1 aliphatic heterocycles. The summed E-state index contributed by atoms with van der Waals surface area (Å²) in [7, 11) is 0. The van der Waals surface area contributed by atoms with Crippen molar-refractivity contribution in [2.75, 3.05) is 26.2 Å². The predicted molar refractivity (Wildman–Crippen MR) is 70.4 cm³/mol. The van der Waals surface area contributed by atoms with E-state index < -0.39 is 0 Å². The molecule has 1 aromatic heterocycles. The lowest BCUT2D eigenvalue weighted by Crippen LogP contribution is -2.38. The molecule has 1 saturated heterocycles. The van der Waals surface area contributed by atoms with Gasteiger partial charge in [-0.15, -0.1) is 0 Å². The minimum atomic E-state index is 0.160. The van der Waals surface area contributed by atoms with Crippen LogP contribution in [-0.4, -0.2) is 52.3 Å². The van der Waals surface area contributed by atoms with Crippen LogP contribution in [0.15, 0.2) is 12.4 Å². The number of aliphatic hydroxyl groups excluding tert-OH is 1. The standard InChI is InChI=1S/C12H19ClN4O/c13-12-7-15-11(6-16-12)9-17(4-5-18)8-10-2-1-3-14-10/h6-7,10,14,18H,1-5,8-9H2. The summed E-state index contributed by atoms with van der Waals surface area (Å²) in [5, 5.41) is 13.0. The zero-order valence-corrected chi connectivity index (χ0v) is 11.1. The lowest BCUT2D eigenvalue weighted by molar-refractivity contribution is 0.177. The summed E-state index contributed by atoms with van der Waals surface area (Å²) >= 11 is 5.71. The molecule has 0 aromatic carbocycles. The Hall–Kier alpha value is -0.750. The molecule has 0 spiro atoms. The minimum Gasteiger partial charge on any atom is -0.395 e. The molecule has 0 aliphatic carbocycles. The second kappa shape index (κ2) is 6.99. The highest BCUT2D eigenvalue weighted by Crippen LogP contribution is 2.09. The van der Waals surface area contributed by atoms with Crippen LogP contribution >= 0.6 is 11.6 Å². The topological polar surface area (TPSA) is 61.3 Å². The van der Waals surface area contributed by atoms with E-state index in [-0.39, 0.29) is 6.61 Å². The number of halogens is 1. The summed E-state index contributed by atoms with van der Waals surface area (Å²) in [6.45, 7) is 3.54. The normalized spacial score (nSPS) is 19.6. The summed E-state index contributed by atoms with van der Waals surface area (Å²) < 4.78 is 0. The highest BCUT2D eigenvalue weighted by atomic mass is 35.5. The fourth-order valence-corrected chi connectivity index (χ4v) is 2.35. The van der Waals surface area contributed by atoms with Crippen molar-refractivity contribution in [2.24, 2.45) is 0 Å². The quantitative estimate of drug-likeness (QED) is 0.796. The maximum Gasteiger partial charge on any atom is 0.147 e. The summed E-state index contributed by atoms with van der Waals surface area (Å²) in [6, 6.07) is 0.525. The van der Waals surface area contributed by atoms with Crippen molar-refractivity contribution < 1.29 is 5.11 Å². The van der Waals surface area contributed by atoms with Crippen LogP contribution in [0, 0.1) is 0 Å². The third kappa shape index (κ3) is 4.17. The molecule has 0 amide bonds. The summed E-state index contributed by atoms with van der Waals surface area (Å²) in [5.74, 6) is 0. The predicted octanol–water partition coefficient (Wildman–Crippen LogP) is 0.676. The van der Waals surface area contributed by atoms with E-state index in [4.69, 9.17) is 16.7 Å². The van der Waals surface area contributed by atoms with Crippen LogP contribution < -0.4 is 5.32 Å². The number of rotatable bonds is 6. The number of hydrogen-bond acceptors (Lipinski definition) is 5. The van der Waals surface area contributed by atoms with Crippen molar-refractivity contribution in [1.82, 2.24) is 20.2 Å². The van der Waals surface area contributed by atoms with Gasteiger partial charge in [0, 0.05) is 25.7 Å². The first kappa shape index (κ1) is 13.7. The monoisotopic (exact) mass is 270 g/mol. The third-order valence-corrected chi connectivity index (χ3v) is 3.31. The highest BCUT2D eigenvalue weighted by Gasteiger charge is 2.18. The Balaban J connectivity index is 1.90. The van der Waals surface area contributed by atoms with E-state index in [9.17, 15) is 0 Å². The first-order valence-electron chi connectivity index (χ1n) is 6.31. The second-order valence-corrected chi connectivity index (χ2v) is 4.97. The highest BCUT2D eigenvalue weighted by molar-refractivity contribution is 6.29. The zero-order chi connectivity index (χ0) is 12.8. The van der Waals surface area contributed by atoms with Gasteiger partial charge >= 0.3 is 0 Å². The molecule has 1 atom stereocenters. The molecule has 5 nitrogen and oxygen atoms in total. The summed E-state index contributed by atoms with van der Waals surface area (Å²) in [5.41, 5.74) is 0.880. The Labute approximate surface area is 112 Å². The van der Waals surface area contributed by atoms with Gasteiger partial charge in [-0.2, -0.15) is 0 Å².